The maximum atomic E-state index is 8.89. The molecule has 0 saturated carbocycles. The summed E-state index contributed by atoms with van der Waals surface area (Å²) in [5.41, 5.74) is 5.71. The molecule has 0 bridgehead atoms. The van der Waals surface area contributed by atoms with Crippen LogP contribution >= 0.6 is 0 Å². The first-order valence-electron chi connectivity index (χ1n) is 8.95. The highest BCUT2D eigenvalue weighted by Gasteiger charge is 2.23. The van der Waals surface area contributed by atoms with Crippen molar-refractivity contribution in [2.24, 2.45) is 0 Å². The minimum atomic E-state index is -1.08. The van der Waals surface area contributed by atoms with E-state index in [-0.39, 0.29) is 0 Å². The number of carboxylic acids is 1. The van der Waals surface area contributed by atoms with Crippen LogP contribution in [0.1, 0.15) is 6.92 Å². The number of carbonyl (C=O) groups excluding carboxylic acids is 1. The van der Waals surface area contributed by atoms with Gasteiger partial charge in [0, 0.05) is 17.6 Å². The van der Waals surface area contributed by atoms with E-state index in [1.54, 1.807) is 6.26 Å². The van der Waals surface area contributed by atoms with Crippen molar-refractivity contribution in [1.29, 1.82) is 0 Å². The second-order valence-electron chi connectivity index (χ2n) is 6.13. The predicted octanol–water partition coefficient (Wildman–Crippen LogP) is 5.32. The van der Waals surface area contributed by atoms with Gasteiger partial charge in [-0.1, -0.05) is 78.9 Å². The standard InChI is InChI=1S/C23H17O.C2H4O2/c1-4-10-18(11-5-1)21-16-17-24-23(20-14-8-3-9-15-20)22(21)19-12-6-2-7-13-19;1-2(3)4/h1-17H;1H3,(H,3,4)/q+1;/p-1. The van der Waals surface area contributed by atoms with Gasteiger partial charge in [-0.2, -0.15) is 0 Å². The van der Waals surface area contributed by atoms with Gasteiger partial charge in [0.1, 0.15) is 0 Å². The second-order valence-corrected chi connectivity index (χ2v) is 6.13. The quantitative estimate of drug-likeness (QED) is 0.460. The minimum absolute atomic E-state index is 0.892. The lowest BCUT2D eigenvalue weighted by molar-refractivity contribution is -0.302. The molecule has 28 heavy (non-hydrogen) atoms. The molecule has 1 heterocycles. The Bertz CT molecular complexity index is 965. The summed E-state index contributed by atoms with van der Waals surface area (Å²) >= 11 is 0. The number of carboxylic acid groups (broad SMARTS) is 1. The molecule has 0 saturated heterocycles. The summed E-state index contributed by atoms with van der Waals surface area (Å²) in [7, 11) is 0. The third kappa shape index (κ3) is 4.71. The zero-order chi connectivity index (χ0) is 19.8. The Morgan fingerprint density at radius 1 is 0.679 bits per heavy atom. The van der Waals surface area contributed by atoms with Crippen molar-refractivity contribution in [1.82, 2.24) is 0 Å². The van der Waals surface area contributed by atoms with Gasteiger partial charge >= 0.3 is 12.0 Å². The summed E-state index contributed by atoms with van der Waals surface area (Å²) in [6.07, 6.45) is 1.77. The molecule has 0 atom stereocenters. The monoisotopic (exact) mass is 368 g/mol. The lowest BCUT2D eigenvalue weighted by Crippen LogP contribution is -2.16. The van der Waals surface area contributed by atoms with E-state index >= 15 is 0 Å². The fraction of sp³-hybridized carbons (Fsp3) is 0.0400. The minimum Gasteiger partial charge on any atom is -0.550 e. The first kappa shape index (κ1) is 19.1. The number of rotatable bonds is 3. The van der Waals surface area contributed by atoms with Crippen molar-refractivity contribution in [3.05, 3.63) is 103 Å². The van der Waals surface area contributed by atoms with Crippen molar-refractivity contribution in [2.75, 3.05) is 0 Å². The largest absolute Gasteiger partial charge is 0.550 e. The molecular formula is C25H20O3. The van der Waals surface area contributed by atoms with Crippen LogP contribution in [0.3, 0.4) is 0 Å². The molecule has 0 radical (unpaired) electrons. The van der Waals surface area contributed by atoms with Crippen molar-refractivity contribution in [3.8, 4) is 33.6 Å². The van der Waals surface area contributed by atoms with Gasteiger partial charge in [0.15, 0.2) is 0 Å². The van der Waals surface area contributed by atoms with Gasteiger partial charge in [-0.15, -0.1) is 0 Å². The van der Waals surface area contributed by atoms with E-state index in [4.69, 9.17) is 14.3 Å². The smallest absolute Gasteiger partial charge is 0.368 e. The van der Waals surface area contributed by atoms with Crippen molar-refractivity contribution < 1.29 is 14.3 Å². The Morgan fingerprint density at radius 2 is 1.11 bits per heavy atom. The average Bonchev–Trinajstić information content (AvgIpc) is 2.75. The molecule has 4 rings (SSSR count). The Balaban J connectivity index is 0.000000516. The maximum absolute atomic E-state index is 8.89. The predicted molar refractivity (Wildman–Crippen MR) is 110 cm³/mol. The Labute approximate surface area is 164 Å². The van der Waals surface area contributed by atoms with Crippen LogP contribution in [0.2, 0.25) is 0 Å². The molecule has 3 aromatic carbocycles. The van der Waals surface area contributed by atoms with Gasteiger partial charge in [-0.25, -0.2) is 4.42 Å². The third-order valence-electron chi connectivity index (χ3n) is 4.10. The molecule has 4 aromatic rings. The third-order valence-corrected chi connectivity index (χ3v) is 4.10. The number of carbonyl (C=O) groups is 1. The molecule has 0 spiro atoms. The van der Waals surface area contributed by atoms with E-state index in [0.717, 1.165) is 29.4 Å². The molecule has 0 amide bonds. The zero-order valence-corrected chi connectivity index (χ0v) is 15.5. The topological polar surface area (TPSA) is 51.4 Å². The first-order valence-corrected chi connectivity index (χ1v) is 8.95. The second kappa shape index (κ2) is 9.28. The number of hydrogen-bond acceptors (Lipinski definition) is 2. The summed E-state index contributed by atoms with van der Waals surface area (Å²) in [5, 5.41) is 8.89. The van der Waals surface area contributed by atoms with Crippen LogP contribution in [0.5, 0.6) is 0 Å². The zero-order valence-electron chi connectivity index (χ0n) is 15.5. The average molecular weight is 368 g/mol. The summed E-state index contributed by atoms with van der Waals surface area (Å²) in [5.74, 6) is -0.192. The van der Waals surface area contributed by atoms with Crippen LogP contribution in [0, 0.1) is 0 Å². The van der Waals surface area contributed by atoms with Crippen LogP contribution in [0.4, 0.5) is 0 Å². The molecule has 0 aliphatic carbocycles. The molecular weight excluding hydrogens is 348 g/mol. The van der Waals surface area contributed by atoms with E-state index in [0.29, 0.717) is 0 Å². The van der Waals surface area contributed by atoms with E-state index in [2.05, 4.69) is 60.7 Å². The molecule has 3 nitrogen and oxygen atoms in total. The summed E-state index contributed by atoms with van der Waals surface area (Å²) in [4.78, 5) is 8.89. The van der Waals surface area contributed by atoms with Crippen molar-refractivity contribution >= 4 is 5.97 Å². The van der Waals surface area contributed by atoms with Crippen LogP contribution < -0.4 is 5.11 Å². The molecule has 0 N–H and O–H groups in total. The SMILES string of the molecule is CC(=O)[O-].c1ccc(-c2cc[o+]c(-c3ccccc3)c2-c2ccccc2)cc1. The van der Waals surface area contributed by atoms with Gasteiger partial charge in [-0.3, -0.25) is 0 Å². The highest BCUT2D eigenvalue weighted by atomic mass is 16.4. The lowest BCUT2D eigenvalue weighted by atomic mass is 9.92. The Kier molecular flexibility index (Phi) is 6.32. The van der Waals surface area contributed by atoms with E-state index in [1.807, 2.05) is 36.4 Å². The first-order chi connectivity index (χ1) is 13.7. The van der Waals surface area contributed by atoms with Crippen LogP contribution in [0.25, 0.3) is 33.6 Å². The fourth-order valence-corrected chi connectivity index (χ4v) is 2.99. The Morgan fingerprint density at radius 3 is 1.61 bits per heavy atom. The van der Waals surface area contributed by atoms with Crippen LogP contribution in [0.15, 0.2) is 108 Å². The van der Waals surface area contributed by atoms with E-state index in [9.17, 15) is 0 Å². The van der Waals surface area contributed by atoms with Gasteiger partial charge in [-0.05, 0) is 30.2 Å². The molecule has 1 aromatic heterocycles. The van der Waals surface area contributed by atoms with E-state index in [1.165, 1.54) is 11.1 Å². The molecule has 0 aliphatic rings. The van der Waals surface area contributed by atoms with Gasteiger partial charge in [0.2, 0.25) is 0 Å². The Hall–Kier alpha value is -3.72. The summed E-state index contributed by atoms with van der Waals surface area (Å²) in [6.45, 7) is 0.972. The number of aliphatic carboxylic acids is 1. The van der Waals surface area contributed by atoms with Crippen LogP contribution in [-0.2, 0) is 4.79 Å². The molecule has 138 valence electrons. The number of hydrogen-bond donors (Lipinski definition) is 0. The normalized spacial score (nSPS) is 9.89. The molecule has 3 heteroatoms. The lowest BCUT2D eigenvalue weighted by Gasteiger charge is -2.08. The van der Waals surface area contributed by atoms with Gasteiger partial charge in [0.05, 0.1) is 11.1 Å². The maximum Gasteiger partial charge on any atom is 0.368 e. The highest BCUT2D eigenvalue weighted by Crippen LogP contribution is 2.39. The van der Waals surface area contributed by atoms with Crippen molar-refractivity contribution in [2.45, 2.75) is 6.92 Å². The molecule has 0 unspecified atom stereocenters. The van der Waals surface area contributed by atoms with Crippen LogP contribution in [-0.4, -0.2) is 5.97 Å². The summed E-state index contributed by atoms with van der Waals surface area (Å²) in [6, 6.07) is 33.2. The van der Waals surface area contributed by atoms with E-state index < -0.39 is 5.97 Å². The summed E-state index contributed by atoms with van der Waals surface area (Å²) < 4.78 is 5.96. The number of benzene rings is 3. The highest BCUT2D eigenvalue weighted by molar-refractivity contribution is 5.91. The molecule has 0 aliphatic heterocycles. The van der Waals surface area contributed by atoms with Crippen molar-refractivity contribution in [3.63, 3.8) is 0 Å². The molecule has 0 fully saturated rings. The van der Waals surface area contributed by atoms with Gasteiger partial charge < -0.3 is 9.90 Å². The fourth-order valence-electron chi connectivity index (χ4n) is 2.99. The van der Waals surface area contributed by atoms with Gasteiger partial charge in [0.25, 0.3) is 0 Å².